The van der Waals surface area contributed by atoms with Crippen LogP contribution in [0.15, 0.2) is 42.5 Å². The summed E-state index contributed by atoms with van der Waals surface area (Å²) in [5.41, 5.74) is 2.70. The molecule has 0 aliphatic heterocycles. The Morgan fingerprint density at radius 1 is 1.05 bits per heavy atom. The topological polar surface area (TPSA) is 0 Å². The molecule has 0 saturated carbocycles. The van der Waals surface area contributed by atoms with E-state index in [1.54, 1.807) is 5.19 Å². The Hall–Kier alpha value is -0.836. The van der Waals surface area contributed by atoms with Gasteiger partial charge in [-0.2, -0.15) is 0 Å². The van der Waals surface area contributed by atoms with Gasteiger partial charge in [-0.3, -0.25) is 0 Å². The lowest BCUT2D eigenvalue weighted by Gasteiger charge is -2.19. The summed E-state index contributed by atoms with van der Waals surface area (Å²) in [5, 5.41) is 4.68. The maximum Gasteiger partial charge on any atom is 0.0879 e. The zero-order valence-corrected chi connectivity index (χ0v) is 16.9. The molecule has 0 heterocycles. The van der Waals surface area contributed by atoms with E-state index in [1.165, 1.54) is 21.5 Å². The van der Waals surface area contributed by atoms with Gasteiger partial charge in [-0.25, -0.2) is 0 Å². The van der Waals surface area contributed by atoms with Crippen LogP contribution in [-0.2, 0) is 0 Å². The van der Waals surface area contributed by atoms with E-state index in [0.29, 0.717) is 0 Å². The molecule has 0 nitrogen and oxygen atoms in total. The van der Waals surface area contributed by atoms with E-state index in [-0.39, 0.29) is 5.38 Å². The molecule has 0 aliphatic rings. The lowest BCUT2D eigenvalue weighted by molar-refractivity contribution is 1.10. The van der Waals surface area contributed by atoms with Gasteiger partial charge in [0.2, 0.25) is 0 Å². The summed E-state index contributed by atoms with van der Waals surface area (Å²) in [6.45, 7) is 11.5. The third kappa shape index (κ3) is 4.32. The van der Waals surface area contributed by atoms with Crippen LogP contribution < -0.4 is 15.6 Å². The van der Waals surface area contributed by atoms with Gasteiger partial charge in [0.05, 0.1) is 23.0 Å². The minimum Gasteiger partial charge on any atom is -0.118 e. The van der Waals surface area contributed by atoms with E-state index in [0.717, 1.165) is 0 Å². The molecule has 0 radical (unpaired) electrons. The van der Waals surface area contributed by atoms with Crippen molar-refractivity contribution in [1.29, 1.82) is 0 Å². The van der Waals surface area contributed by atoms with Gasteiger partial charge in [-0.1, -0.05) is 83.2 Å². The second-order valence-electron chi connectivity index (χ2n) is 6.95. The summed E-state index contributed by atoms with van der Waals surface area (Å²) < 4.78 is 0. The maximum atomic E-state index is 6.34. The van der Waals surface area contributed by atoms with Gasteiger partial charge in [0, 0.05) is 0 Å². The lowest BCUT2D eigenvalue weighted by atomic mass is 10.2. The van der Waals surface area contributed by atoms with Crippen LogP contribution in [0.25, 0.3) is 0 Å². The Bertz CT molecular complexity index is 627. The van der Waals surface area contributed by atoms with Crippen LogP contribution in [-0.4, -0.2) is 17.6 Å². The molecule has 3 heteroatoms. The molecule has 1 atom stereocenters. The molecule has 2 aromatic carbocycles. The summed E-state index contributed by atoms with van der Waals surface area (Å²) in [6.07, 6.45) is 0. The number of aryl methyl sites for hydroxylation is 1. The van der Waals surface area contributed by atoms with E-state index in [1.807, 2.05) is 0 Å². The van der Waals surface area contributed by atoms with Crippen LogP contribution in [0.1, 0.15) is 23.4 Å². The molecule has 21 heavy (non-hydrogen) atoms. The van der Waals surface area contributed by atoms with Crippen LogP contribution >= 0.6 is 11.6 Å². The van der Waals surface area contributed by atoms with Crippen molar-refractivity contribution in [2.24, 2.45) is 0 Å². The molecule has 0 saturated heterocycles. The van der Waals surface area contributed by atoms with Crippen molar-refractivity contribution in [3.05, 3.63) is 53.6 Å². The average molecular weight is 333 g/mol. The number of alkyl halides is 1. The molecule has 0 amide bonds. The SMILES string of the molecule is Cc1cc([SiH2]c2ccccc2C(C)Cl)cc([Si](C)(C)C)c1. The average Bonchev–Trinajstić information content (AvgIpc) is 2.37. The summed E-state index contributed by atoms with van der Waals surface area (Å²) >= 11 is 6.34. The van der Waals surface area contributed by atoms with Crippen molar-refractivity contribution in [2.45, 2.75) is 38.9 Å². The van der Waals surface area contributed by atoms with Crippen LogP contribution in [0.2, 0.25) is 19.6 Å². The standard InChI is InChI=1S/C18H25ClSi2/c1-13-10-15(12-16(11-13)21(3,4)5)20-18-9-7-6-8-17(18)14(2)19/h6-12,14H,20H2,1-5H3. The Kier molecular flexibility index (Phi) is 5.13. The van der Waals surface area contributed by atoms with Crippen molar-refractivity contribution in [1.82, 2.24) is 0 Å². The first-order chi connectivity index (χ1) is 9.77. The number of rotatable bonds is 4. The molecule has 1 unspecified atom stereocenters. The van der Waals surface area contributed by atoms with Gasteiger partial charge in [0.1, 0.15) is 0 Å². The first-order valence-corrected chi connectivity index (χ1v) is 13.0. The van der Waals surface area contributed by atoms with Crippen LogP contribution in [0.4, 0.5) is 0 Å². The monoisotopic (exact) mass is 332 g/mol. The predicted octanol–water partition coefficient (Wildman–Crippen LogP) is 2.96. The Balaban J connectivity index is 2.39. The molecule has 2 rings (SSSR count). The second kappa shape index (κ2) is 6.51. The van der Waals surface area contributed by atoms with Crippen molar-refractivity contribution in [2.75, 3.05) is 0 Å². The smallest absolute Gasteiger partial charge is 0.0879 e. The van der Waals surface area contributed by atoms with E-state index < -0.39 is 17.6 Å². The highest BCUT2D eigenvalue weighted by atomic mass is 35.5. The molecule has 0 aliphatic carbocycles. The third-order valence-corrected chi connectivity index (χ3v) is 7.98. The number of benzene rings is 2. The predicted molar refractivity (Wildman–Crippen MR) is 103 cm³/mol. The van der Waals surface area contributed by atoms with E-state index in [2.05, 4.69) is 76.0 Å². The van der Waals surface area contributed by atoms with Crippen LogP contribution in [0, 0.1) is 6.92 Å². The zero-order chi connectivity index (χ0) is 15.6. The molecule has 0 fully saturated rings. The molecule has 0 spiro atoms. The normalized spacial score (nSPS) is 13.8. The minimum absolute atomic E-state index is 0.0926. The Morgan fingerprint density at radius 2 is 1.71 bits per heavy atom. The Morgan fingerprint density at radius 3 is 2.33 bits per heavy atom. The number of halogens is 1. The first-order valence-electron chi connectivity index (χ1n) is 7.60. The molecule has 0 N–H and O–H groups in total. The highest BCUT2D eigenvalue weighted by Crippen LogP contribution is 2.16. The lowest BCUT2D eigenvalue weighted by Crippen LogP contribution is -2.41. The van der Waals surface area contributed by atoms with Crippen LogP contribution in [0.3, 0.4) is 0 Å². The maximum absolute atomic E-state index is 6.34. The van der Waals surface area contributed by atoms with Gasteiger partial charge < -0.3 is 0 Å². The largest absolute Gasteiger partial charge is 0.118 e. The molecule has 0 aromatic heterocycles. The highest BCUT2D eigenvalue weighted by Gasteiger charge is 2.17. The summed E-state index contributed by atoms with van der Waals surface area (Å²) in [4.78, 5) is 0. The summed E-state index contributed by atoms with van der Waals surface area (Å²) in [6, 6.07) is 15.9. The molecule has 112 valence electrons. The Labute approximate surface area is 137 Å². The third-order valence-electron chi connectivity index (χ3n) is 3.88. The molecular formula is C18H25ClSi2. The number of hydrogen-bond donors (Lipinski definition) is 0. The van der Waals surface area contributed by atoms with Gasteiger partial charge in [-0.15, -0.1) is 11.6 Å². The van der Waals surface area contributed by atoms with E-state index >= 15 is 0 Å². The fourth-order valence-corrected chi connectivity index (χ4v) is 6.59. The van der Waals surface area contributed by atoms with E-state index in [9.17, 15) is 0 Å². The van der Waals surface area contributed by atoms with Gasteiger partial charge in [0.15, 0.2) is 0 Å². The highest BCUT2D eigenvalue weighted by molar-refractivity contribution is 6.89. The fraction of sp³-hybridized carbons (Fsp3) is 0.333. The number of hydrogen-bond acceptors (Lipinski definition) is 0. The van der Waals surface area contributed by atoms with Crippen LogP contribution in [0.5, 0.6) is 0 Å². The summed E-state index contributed by atoms with van der Waals surface area (Å²) in [5.74, 6) is 0. The van der Waals surface area contributed by atoms with E-state index in [4.69, 9.17) is 11.6 Å². The van der Waals surface area contributed by atoms with Crippen molar-refractivity contribution in [3.8, 4) is 0 Å². The van der Waals surface area contributed by atoms with Crippen molar-refractivity contribution < 1.29 is 0 Å². The minimum atomic E-state index is -1.25. The van der Waals surface area contributed by atoms with Gasteiger partial charge in [-0.05, 0) is 19.4 Å². The zero-order valence-electron chi connectivity index (χ0n) is 13.7. The fourth-order valence-electron chi connectivity index (χ4n) is 2.70. The second-order valence-corrected chi connectivity index (χ2v) is 14.6. The van der Waals surface area contributed by atoms with Crippen molar-refractivity contribution in [3.63, 3.8) is 0 Å². The van der Waals surface area contributed by atoms with Gasteiger partial charge in [0.25, 0.3) is 0 Å². The molecule has 2 aromatic rings. The van der Waals surface area contributed by atoms with Gasteiger partial charge >= 0.3 is 0 Å². The molecule has 0 bridgehead atoms. The van der Waals surface area contributed by atoms with Crippen molar-refractivity contribution >= 4 is 44.8 Å². The molecular weight excluding hydrogens is 308 g/mol. The summed E-state index contributed by atoms with van der Waals surface area (Å²) in [7, 11) is -1.72. The quantitative estimate of drug-likeness (QED) is 0.596. The first kappa shape index (κ1) is 16.5.